The van der Waals surface area contributed by atoms with Crippen LogP contribution in [-0.4, -0.2) is 10.9 Å². The maximum Gasteiger partial charge on any atom is 0.170 e. The van der Waals surface area contributed by atoms with E-state index in [9.17, 15) is 9.90 Å². The van der Waals surface area contributed by atoms with Gasteiger partial charge in [-0.1, -0.05) is 91.0 Å². The van der Waals surface area contributed by atoms with Gasteiger partial charge in [0.1, 0.15) is 17.1 Å². The summed E-state index contributed by atoms with van der Waals surface area (Å²) in [5.41, 5.74) is 4.60. The number of ketones is 1. The molecule has 0 aliphatic rings. The summed E-state index contributed by atoms with van der Waals surface area (Å²) in [7, 11) is 0. The molecule has 0 aliphatic carbocycles. The van der Waals surface area contributed by atoms with Gasteiger partial charge in [0.15, 0.2) is 5.78 Å². The van der Waals surface area contributed by atoms with Crippen LogP contribution in [0.25, 0.3) is 33.4 Å². The highest BCUT2D eigenvalue weighted by Crippen LogP contribution is 2.42. The summed E-state index contributed by atoms with van der Waals surface area (Å²) in [5.74, 6) is 0.516. The average molecular weight is 404 g/mol. The van der Waals surface area contributed by atoms with Crippen LogP contribution in [0.4, 0.5) is 0 Å². The van der Waals surface area contributed by atoms with Crippen LogP contribution in [0.15, 0.2) is 108 Å². The second-order valence-corrected chi connectivity index (χ2v) is 7.49. The average Bonchev–Trinajstić information content (AvgIpc) is 3.18. The number of hydrogen-bond acceptors (Lipinski definition) is 3. The Balaban J connectivity index is 1.69. The number of aromatic hydroxyl groups is 1. The fraction of sp³-hybridized carbons (Fsp3) is 0.0357. The largest absolute Gasteiger partial charge is 0.507 e. The number of hydrogen-bond donors (Lipinski definition) is 1. The molecule has 0 fully saturated rings. The third-order valence-electron chi connectivity index (χ3n) is 5.41. The molecule has 0 radical (unpaired) electrons. The van der Waals surface area contributed by atoms with E-state index in [-0.39, 0.29) is 18.0 Å². The first-order valence-electron chi connectivity index (χ1n) is 10.2. The van der Waals surface area contributed by atoms with E-state index in [1.165, 1.54) is 0 Å². The molecule has 1 heterocycles. The normalized spacial score (nSPS) is 11.0. The third kappa shape index (κ3) is 3.62. The molecule has 1 N–H and O–H groups in total. The summed E-state index contributed by atoms with van der Waals surface area (Å²) in [6.45, 7) is 0. The van der Waals surface area contributed by atoms with Crippen molar-refractivity contribution in [3.63, 3.8) is 0 Å². The Kier molecular flexibility index (Phi) is 4.85. The van der Waals surface area contributed by atoms with Gasteiger partial charge >= 0.3 is 0 Å². The van der Waals surface area contributed by atoms with Crippen molar-refractivity contribution in [2.45, 2.75) is 6.42 Å². The van der Waals surface area contributed by atoms with Crippen molar-refractivity contribution in [2.24, 2.45) is 0 Å². The van der Waals surface area contributed by atoms with Crippen LogP contribution in [0.2, 0.25) is 0 Å². The lowest BCUT2D eigenvalue weighted by atomic mass is 9.95. The van der Waals surface area contributed by atoms with Crippen LogP contribution in [0.3, 0.4) is 0 Å². The van der Waals surface area contributed by atoms with Crippen LogP contribution in [-0.2, 0) is 6.42 Å². The molecule has 0 atom stereocenters. The zero-order chi connectivity index (χ0) is 21.2. The molecule has 31 heavy (non-hydrogen) atoms. The lowest BCUT2D eigenvalue weighted by Gasteiger charge is -2.06. The van der Waals surface area contributed by atoms with Gasteiger partial charge in [-0.25, -0.2) is 0 Å². The van der Waals surface area contributed by atoms with Crippen molar-refractivity contribution in [3.8, 4) is 28.2 Å². The first kappa shape index (κ1) is 18.9. The van der Waals surface area contributed by atoms with Gasteiger partial charge in [-0.05, 0) is 17.2 Å². The number of furan rings is 1. The molecule has 0 spiro atoms. The lowest BCUT2D eigenvalue weighted by Crippen LogP contribution is -2.03. The minimum Gasteiger partial charge on any atom is -0.507 e. The maximum atomic E-state index is 13.0. The van der Waals surface area contributed by atoms with Gasteiger partial charge in [0.05, 0.1) is 5.56 Å². The van der Waals surface area contributed by atoms with Crippen LogP contribution >= 0.6 is 0 Å². The molecule has 150 valence electrons. The summed E-state index contributed by atoms with van der Waals surface area (Å²) in [4.78, 5) is 13.0. The predicted octanol–water partition coefficient (Wildman–Crippen LogP) is 6.90. The Bertz CT molecular complexity index is 1350. The van der Waals surface area contributed by atoms with Gasteiger partial charge < -0.3 is 9.52 Å². The minimum atomic E-state index is -0.132. The van der Waals surface area contributed by atoms with E-state index >= 15 is 0 Å². The molecule has 3 heteroatoms. The van der Waals surface area contributed by atoms with E-state index in [2.05, 4.69) is 0 Å². The smallest absolute Gasteiger partial charge is 0.170 e. The summed E-state index contributed by atoms with van der Waals surface area (Å²) in [6, 6.07) is 32.7. The first-order chi connectivity index (χ1) is 15.2. The number of fused-ring (bicyclic) bond motifs is 1. The Morgan fingerprint density at radius 2 is 1.32 bits per heavy atom. The van der Waals surface area contributed by atoms with Gasteiger partial charge in [0.2, 0.25) is 0 Å². The van der Waals surface area contributed by atoms with E-state index in [1.807, 2.05) is 91.0 Å². The number of phenols is 1. The molecule has 5 rings (SSSR count). The number of rotatable bonds is 5. The van der Waals surface area contributed by atoms with Crippen molar-refractivity contribution in [1.29, 1.82) is 0 Å². The fourth-order valence-electron chi connectivity index (χ4n) is 3.92. The number of Topliss-reactive ketones (excluding diaryl/α,β-unsaturated/α-hetero) is 1. The summed E-state index contributed by atoms with van der Waals surface area (Å²) in [5, 5.41) is 11.4. The van der Waals surface area contributed by atoms with Crippen molar-refractivity contribution >= 4 is 16.8 Å². The standard InChI is InChI=1S/C28H20O3/c29-24(16-19-10-4-1-5-11-19)22-17-23-26(18-25(22)30)31-28(21-14-8-3-9-15-21)27(23)20-12-6-2-7-13-20/h1-15,17-18,30H,16H2. The van der Waals surface area contributed by atoms with Crippen molar-refractivity contribution in [2.75, 3.05) is 0 Å². The van der Waals surface area contributed by atoms with Gasteiger partial charge in [0, 0.05) is 29.0 Å². The minimum absolute atomic E-state index is 0.0681. The van der Waals surface area contributed by atoms with Crippen LogP contribution < -0.4 is 0 Å². The molecule has 1 aromatic heterocycles. The third-order valence-corrected chi connectivity index (χ3v) is 5.41. The van der Waals surface area contributed by atoms with Crippen LogP contribution in [0.5, 0.6) is 5.75 Å². The SMILES string of the molecule is O=C(Cc1ccccc1)c1cc2c(-c3ccccc3)c(-c3ccccc3)oc2cc1O. The van der Waals surface area contributed by atoms with Crippen molar-refractivity contribution in [1.82, 2.24) is 0 Å². The monoisotopic (exact) mass is 404 g/mol. The molecular weight excluding hydrogens is 384 g/mol. The lowest BCUT2D eigenvalue weighted by molar-refractivity contribution is 0.0990. The van der Waals surface area contributed by atoms with Crippen LogP contribution in [0.1, 0.15) is 15.9 Å². The molecular formula is C28H20O3. The number of carbonyl (C=O) groups is 1. The fourth-order valence-corrected chi connectivity index (χ4v) is 3.92. The topological polar surface area (TPSA) is 50.4 Å². The highest BCUT2D eigenvalue weighted by atomic mass is 16.3. The Morgan fingerprint density at radius 3 is 1.97 bits per heavy atom. The second kappa shape index (κ2) is 7.96. The van der Waals surface area contributed by atoms with E-state index in [1.54, 1.807) is 12.1 Å². The Hall–Kier alpha value is -4.11. The zero-order valence-corrected chi connectivity index (χ0v) is 16.8. The Morgan fingerprint density at radius 1 is 0.742 bits per heavy atom. The van der Waals surface area contributed by atoms with E-state index in [0.29, 0.717) is 16.9 Å². The molecule has 3 nitrogen and oxygen atoms in total. The molecule has 0 amide bonds. The van der Waals surface area contributed by atoms with E-state index < -0.39 is 0 Å². The molecule has 4 aromatic carbocycles. The molecule has 0 saturated carbocycles. The number of phenolic OH excluding ortho intramolecular Hbond substituents is 1. The second-order valence-electron chi connectivity index (χ2n) is 7.49. The van der Waals surface area contributed by atoms with E-state index in [0.717, 1.165) is 27.6 Å². The maximum absolute atomic E-state index is 13.0. The van der Waals surface area contributed by atoms with Crippen molar-refractivity contribution in [3.05, 3.63) is 114 Å². The zero-order valence-electron chi connectivity index (χ0n) is 16.8. The molecule has 0 aliphatic heterocycles. The van der Waals surface area contributed by atoms with Gasteiger partial charge in [0.25, 0.3) is 0 Å². The van der Waals surface area contributed by atoms with Gasteiger partial charge in [-0.15, -0.1) is 0 Å². The number of benzene rings is 4. The van der Waals surface area contributed by atoms with Gasteiger partial charge in [-0.3, -0.25) is 4.79 Å². The molecule has 0 unspecified atom stereocenters. The van der Waals surface area contributed by atoms with Crippen molar-refractivity contribution < 1.29 is 14.3 Å². The number of carbonyl (C=O) groups excluding carboxylic acids is 1. The first-order valence-corrected chi connectivity index (χ1v) is 10.2. The molecule has 5 aromatic rings. The van der Waals surface area contributed by atoms with Gasteiger partial charge in [-0.2, -0.15) is 0 Å². The highest BCUT2D eigenvalue weighted by molar-refractivity contribution is 6.08. The summed E-state index contributed by atoms with van der Waals surface area (Å²) < 4.78 is 6.20. The highest BCUT2D eigenvalue weighted by Gasteiger charge is 2.21. The van der Waals surface area contributed by atoms with Crippen LogP contribution in [0, 0.1) is 0 Å². The van der Waals surface area contributed by atoms with E-state index in [4.69, 9.17) is 4.42 Å². The molecule has 0 saturated heterocycles. The Labute approximate surface area is 180 Å². The predicted molar refractivity (Wildman–Crippen MR) is 123 cm³/mol. The summed E-state index contributed by atoms with van der Waals surface area (Å²) >= 11 is 0. The summed E-state index contributed by atoms with van der Waals surface area (Å²) in [6.07, 6.45) is 0.226. The molecule has 0 bridgehead atoms. The quantitative estimate of drug-likeness (QED) is 0.324.